The summed E-state index contributed by atoms with van der Waals surface area (Å²) >= 11 is 6.20. The van der Waals surface area contributed by atoms with Gasteiger partial charge in [-0.05, 0) is 25.8 Å². The van der Waals surface area contributed by atoms with Crippen molar-refractivity contribution in [1.29, 1.82) is 0 Å². The second-order valence-corrected chi connectivity index (χ2v) is 4.90. The summed E-state index contributed by atoms with van der Waals surface area (Å²) < 4.78 is 1.93. The van der Waals surface area contributed by atoms with Crippen LogP contribution in [0.4, 0.5) is 0 Å². The fourth-order valence-electron chi connectivity index (χ4n) is 2.21. The number of hydrogen-bond acceptors (Lipinski definition) is 2. The second-order valence-electron chi connectivity index (χ2n) is 4.33. The van der Waals surface area contributed by atoms with Crippen LogP contribution in [0, 0.1) is 6.92 Å². The van der Waals surface area contributed by atoms with Crippen LogP contribution in [0.3, 0.4) is 0 Å². The van der Waals surface area contributed by atoms with Gasteiger partial charge in [0, 0.05) is 25.0 Å². The molecule has 1 saturated carbocycles. The molecular formula is C11H18ClN3. The normalized spacial score (nSPS) is 26.1. The Balaban J connectivity index is 1.90. The minimum Gasteiger partial charge on any atom is -0.307 e. The lowest BCUT2D eigenvalue weighted by molar-refractivity contribution is 0.511. The Morgan fingerprint density at radius 2 is 2.40 bits per heavy atom. The lowest BCUT2D eigenvalue weighted by Crippen LogP contribution is -2.32. The molecule has 0 aliphatic heterocycles. The molecule has 1 aromatic heterocycles. The summed E-state index contributed by atoms with van der Waals surface area (Å²) in [6.45, 7) is 2.88. The zero-order chi connectivity index (χ0) is 10.8. The first-order valence-electron chi connectivity index (χ1n) is 5.54. The van der Waals surface area contributed by atoms with Gasteiger partial charge in [-0.3, -0.25) is 4.68 Å². The van der Waals surface area contributed by atoms with E-state index in [4.69, 9.17) is 11.6 Å². The largest absolute Gasteiger partial charge is 0.307 e. The fourth-order valence-corrected chi connectivity index (χ4v) is 2.58. The molecule has 1 N–H and O–H groups in total. The Kier molecular flexibility index (Phi) is 3.32. The van der Waals surface area contributed by atoms with Gasteiger partial charge in [0.25, 0.3) is 0 Å². The maximum Gasteiger partial charge on any atom is 0.0597 e. The van der Waals surface area contributed by atoms with Crippen molar-refractivity contribution in [2.75, 3.05) is 0 Å². The average molecular weight is 228 g/mol. The maximum atomic E-state index is 6.20. The van der Waals surface area contributed by atoms with Crippen molar-refractivity contribution in [3.05, 3.63) is 17.5 Å². The van der Waals surface area contributed by atoms with Crippen LogP contribution in [0.5, 0.6) is 0 Å². The van der Waals surface area contributed by atoms with Gasteiger partial charge < -0.3 is 5.32 Å². The highest BCUT2D eigenvalue weighted by Gasteiger charge is 2.24. The van der Waals surface area contributed by atoms with Crippen LogP contribution in [0.25, 0.3) is 0 Å². The average Bonchev–Trinajstić information content (AvgIpc) is 2.70. The monoisotopic (exact) mass is 227 g/mol. The predicted molar refractivity (Wildman–Crippen MR) is 62.1 cm³/mol. The highest BCUT2D eigenvalue weighted by molar-refractivity contribution is 6.21. The van der Waals surface area contributed by atoms with Gasteiger partial charge in [0.1, 0.15) is 0 Å². The molecule has 1 aliphatic rings. The van der Waals surface area contributed by atoms with Gasteiger partial charge in [-0.25, -0.2) is 0 Å². The zero-order valence-corrected chi connectivity index (χ0v) is 10.1. The fraction of sp³-hybridized carbons (Fsp3) is 0.727. The topological polar surface area (TPSA) is 29.9 Å². The number of aryl methyl sites for hydroxylation is 2. The van der Waals surface area contributed by atoms with Crippen LogP contribution in [-0.4, -0.2) is 21.2 Å². The van der Waals surface area contributed by atoms with Crippen molar-refractivity contribution in [2.24, 2.45) is 7.05 Å². The molecule has 0 bridgehead atoms. The van der Waals surface area contributed by atoms with Crippen molar-refractivity contribution in [1.82, 2.24) is 15.1 Å². The minimum atomic E-state index is 0.305. The van der Waals surface area contributed by atoms with E-state index in [1.807, 2.05) is 18.7 Å². The van der Waals surface area contributed by atoms with Crippen LogP contribution in [0.1, 0.15) is 30.7 Å². The zero-order valence-electron chi connectivity index (χ0n) is 9.33. The lowest BCUT2D eigenvalue weighted by atomic mass is 10.2. The SMILES string of the molecule is Cc1cc(CNC2CCCC2Cl)n(C)n1. The number of nitrogens with one attached hydrogen (secondary N) is 1. The van der Waals surface area contributed by atoms with Crippen LogP contribution in [-0.2, 0) is 13.6 Å². The predicted octanol–water partition coefficient (Wildman–Crippen LogP) is 1.98. The summed E-state index contributed by atoms with van der Waals surface area (Å²) in [5, 5.41) is 8.13. The van der Waals surface area contributed by atoms with Gasteiger partial charge in [0.2, 0.25) is 0 Å². The molecule has 0 amide bonds. The van der Waals surface area contributed by atoms with E-state index in [9.17, 15) is 0 Å². The first-order valence-corrected chi connectivity index (χ1v) is 5.97. The molecule has 84 valence electrons. The molecule has 2 atom stereocenters. The quantitative estimate of drug-likeness (QED) is 0.801. The molecule has 0 radical (unpaired) electrons. The van der Waals surface area contributed by atoms with Gasteiger partial charge in [-0.2, -0.15) is 5.10 Å². The van der Waals surface area contributed by atoms with Gasteiger partial charge >= 0.3 is 0 Å². The van der Waals surface area contributed by atoms with Crippen molar-refractivity contribution < 1.29 is 0 Å². The number of alkyl halides is 1. The van der Waals surface area contributed by atoms with Crippen molar-refractivity contribution in [3.8, 4) is 0 Å². The standard InChI is InChI=1S/C11H18ClN3/c1-8-6-9(15(2)14-8)7-13-11-5-3-4-10(11)12/h6,10-11,13H,3-5,7H2,1-2H3. The van der Waals surface area contributed by atoms with Crippen LogP contribution < -0.4 is 5.32 Å². The van der Waals surface area contributed by atoms with E-state index in [2.05, 4.69) is 16.5 Å². The summed E-state index contributed by atoms with van der Waals surface area (Å²) in [5.74, 6) is 0. The first kappa shape index (κ1) is 11.0. The van der Waals surface area contributed by atoms with Gasteiger partial charge in [-0.1, -0.05) is 6.42 Å². The Bertz CT molecular complexity index is 335. The number of aromatic nitrogens is 2. The highest BCUT2D eigenvalue weighted by Crippen LogP contribution is 2.24. The van der Waals surface area contributed by atoms with E-state index in [0.717, 1.165) is 18.7 Å². The molecular weight excluding hydrogens is 210 g/mol. The molecule has 0 aromatic carbocycles. The molecule has 15 heavy (non-hydrogen) atoms. The summed E-state index contributed by atoms with van der Waals surface area (Å²) in [6, 6.07) is 2.59. The smallest absolute Gasteiger partial charge is 0.0597 e. The maximum absolute atomic E-state index is 6.20. The molecule has 1 aromatic rings. The summed E-state index contributed by atoms with van der Waals surface area (Å²) in [4.78, 5) is 0. The van der Waals surface area contributed by atoms with E-state index in [1.54, 1.807) is 0 Å². The van der Waals surface area contributed by atoms with Crippen LogP contribution in [0.15, 0.2) is 6.07 Å². The Hall–Kier alpha value is -0.540. The van der Waals surface area contributed by atoms with E-state index < -0.39 is 0 Å². The summed E-state index contributed by atoms with van der Waals surface area (Å²) in [5.41, 5.74) is 2.30. The second kappa shape index (κ2) is 4.54. The van der Waals surface area contributed by atoms with E-state index in [0.29, 0.717) is 11.4 Å². The molecule has 1 fully saturated rings. The molecule has 1 heterocycles. The molecule has 0 saturated heterocycles. The molecule has 0 spiro atoms. The third-order valence-electron chi connectivity index (χ3n) is 3.08. The highest BCUT2D eigenvalue weighted by atomic mass is 35.5. The Labute approximate surface area is 95.8 Å². The Morgan fingerprint density at radius 3 is 2.93 bits per heavy atom. The van der Waals surface area contributed by atoms with E-state index in [-0.39, 0.29) is 0 Å². The van der Waals surface area contributed by atoms with Crippen molar-refractivity contribution in [3.63, 3.8) is 0 Å². The van der Waals surface area contributed by atoms with E-state index >= 15 is 0 Å². The molecule has 1 aliphatic carbocycles. The molecule has 3 nitrogen and oxygen atoms in total. The summed E-state index contributed by atoms with van der Waals surface area (Å²) in [7, 11) is 1.98. The Morgan fingerprint density at radius 1 is 1.60 bits per heavy atom. The minimum absolute atomic E-state index is 0.305. The van der Waals surface area contributed by atoms with Gasteiger partial charge in [0.15, 0.2) is 0 Å². The number of rotatable bonds is 3. The number of halogens is 1. The molecule has 4 heteroatoms. The summed E-state index contributed by atoms with van der Waals surface area (Å²) in [6.07, 6.45) is 3.59. The lowest BCUT2D eigenvalue weighted by Gasteiger charge is -2.15. The van der Waals surface area contributed by atoms with Crippen LogP contribution in [0.2, 0.25) is 0 Å². The molecule has 2 rings (SSSR count). The number of hydrogen-bond donors (Lipinski definition) is 1. The third-order valence-corrected chi connectivity index (χ3v) is 3.60. The third kappa shape index (κ3) is 2.52. The van der Waals surface area contributed by atoms with Crippen molar-refractivity contribution >= 4 is 11.6 Å². The van der Waals surface area contributed by atoms with Crippen molar-refractivity contribution in [2.45, 2.75) is 44.1 Å². The number of nitrogens with zero attached hydrogens (tertiary/aromatic N) is 2. The first-order chi connectivity index (χ1) is 7.16. The van der Waals surface area contributed by atoms with Gasteiger partial charge in [-0.15, -0.1) is 11.6 Å². The molecule has 2 unspecified atom stereocenters. The van der Waals surface area contributed by atoms with Crippen LogP contribution >= 0.6 is 11.6 Å². The van der Waals surface area contributed by atoms with E-state index in [1.165, 1.54) is 18.5 Å². The van der Waals surface area contributed by atoms with Gasteiger partial charge in [0.05, 0.1) is 11.4 Å².